The van der Waals surface area contributed by atoms with Crippen molar-refractivity contribution in [3.05, 3.63) is 41.8 Å². The van der Waals surface area contributed by atoms with Gasteiger partial charge in [0.25, 0.3) is 0 Å². The van der Waals surface area contributed by atoms with Gasteiger partial charge >= 0.3 is 0 Å². The molecule has 1 aromatic heterocycles. The predicted octanol–water partition coefficient (Wildman–Crippen LogP) is 1.96. The van der Waals surface area contributed by atoms with Crippen LogP contribution in [0.2, 0.25) is 0 Å². The van der Waals surface area contributed by atoms with Crippen molar-refractivity contribution in [2.45, 2.75) is 25.9 Å². The maximum Gasteiger partial charge on any atom is 0.234 e. The maximum atomic E-state index is 14.1. The SMILES string of the molecule is CN(C)Cc1cc(-c2ccccc2F)nn1CCNC(=O)CN1CCCC1. The van der Waals surface area contributed by atoms with Crippen LogP contribution >= 0.6 is 0 Å². The van der Waals surface area contributed by atoms with Crippen LogP contribution in [0, 0.1) is 5.82 Å². The lowest BCUT2D eigenvalue weighted by Gasteiger charge is -2.15. The van der Waals surface area contributed by atoms with Gasteiger partial charge < -0.3 is 10.2 Å². The Bertz CT molecular complexity index is 767. The molecule has 1 amide bonds. The molecule has 1 aliphatic heterocycles. The van der Waals surface area contributed by atoms with Crippen LogP contribution in [-0.4, -0.2) is 65.8 Å². The molecule has 146 valence electrons. The third kappa shape index (κ3) is 5.37. The molecule has 0 radical (unpaired) electrons. The zero-order valence-electron chi connectivity index (χ0n) is 16.1. The van der Waals surface area contributed by atoms with Gasteiger partial charge in [-0.05, 0) is 58.2 Å². The molecule has 1 N–H and O–H groups in total. The highest BCUT2D eigenvalue weighted by Gasteiger charge is 2.16. The highest BCUT2D eigenvalue weighted by atomic mass is 19.1. The minimum Gasteiger partial charge on any atom is -0.353 e. The van der Waals surface area contributed by atoms with Gasteiger partial charge in [0.2, 0.25) is 5.91 Å². The highest BCUT2D eigenvalue weighted by molar-refractivity contribution is 5.78. The van der Waals surface area contributed by atoms with Crippen LogP contribution in [0.25, 0.3) is 11.3 Å². The third-order valence-electron chi connectivity index (χ3n) is 4.70. The number of halogens is 1. The zero-order valence-corrected chi connectivity index (χ0v) is 16.1. The predicted molar refractivity (Wildman–Crippen MR) is 104 cm³/mol. The number of nitrogens with one attached hydrogen (secondary N) is 1. The van der Waals surface area contributed by atoms with Crippen molar-refractivity contribution in [2.75, 3.05) is 40.3 Å². The minimum absolute atomic E-state index is 0.0487. The fraction of sp³-hybridized carbons (Fsp3) is 0.500. The standard InChI is InChI=1S/C20H28FN5O/c1-24(2)14-16-13-19(17-7-3-4-8-18(17)21)23-26(16)12-9-22-20(27)15-25-10-5-6-11-25/h3-4,7-8,13H,5-6,9-12,14-15H2,1-2H3,(H,22,27). The van der Waals surface area contributed by atoms with E-state index in [1.165, 1.54) is 18.9 Å². The summed E-state index contributed by atoms with van der Waals surface area (Å²) in [4.78, 5) is 16.3. The Morgan fingerprint density at radius 2 is 2.00 bits per heavy atom. The number of hydrogen-bond acceptors (Lipinski definition) is 4. The first-order chi connectivity index (χ1) is 13.0. The molecule has 1 saturated heterocycles. The first-order valence-corrected chi connectivity index (χ1v) is 9.48. The summed E-state index contributed by atoms with van der Waals surface area (Å²) in [5.41, 5.74) is 2.11. The second-order valence-electron chi connectivity index (χ2n) is 7.29. The lowest BCUT2D eigenvalue weighted by atomic mass is 10.1. The summed E-state index contributed by atoms with van der Waals surface area (Å²) in [7, 11) is 3.97. The molecule has 1 fully saturated rings. The summed E-state index contributed by atoms with van der Waals surface area (Å²) in [5.74, 6) is -0.231. The van der Waals surface area contributed by atoms with E-state index in [9.17, 15) is 9.18 Å². The summed E-state index contributed by atoms with van der Waals surface area (Å²) < 4.78 is 16.0. The van der Waals surface area contributed by atoms with Crippen LogP contribution in [0.3, 0.4) is 0 Å². The van der Waals surface area contributed by atoms with E-state index in [0.717, 1.165) is 18.8 Å². The average Bonchev–Trinajstić information content (AvgIpc) is 3.25. The monoisotopic (exact) mass is 373 g/mol. The van der Waals surface area contributed by atoms with Gasteiger partial charge in [-0.25, -0.2) is 4.39 Å². The Hall–Kier alpha value is -2.25. The summed E-state index contributed by atoms with van der Waals surface area (Å²) in [6.45, 7) is 4.24. The van der Waals surface area contributed by atoms with Crippen molar-refractivity contribution < 1.29 is 9.18 Å². The van der Waals surface area contributed by atoms with Crippen LogP contribution < -0.4 is 5.32 Å². The van der Waals surface area contributed by atoms with Crippen LogP contribution in [0.15, 0.2) is 30.3 Å². The fourth-order valence-electron chi connectivity index (χ4n) is 3.40. The number of carbonyl (C=O) groups is 1. The minimum atomic E-state index is -0.280. The van der Waals surface area contributed by atoms with Crippen molar-refractivity contribution in [2.24, 2.45) is 0 Å². The van der Waals surface area contributed by atoms with E-state index in [4.69, 9.17) is 0 Å². The molecule has 3 rings (SSSR count). The number of benzene rings is 1. The smallest absolute Gasteiger partial charge is 0.234 e. The van der Waals surface area contributed by atoms with E-state index in [1.54, 1.807) is 12.1 Å². The largest absolute Gasteiger partial charge is 0.353 e. The molecular formula is C20H28FN5O. The number of rotatable bonds is 8. The molecule has 6 nitrogen and oxygen atoms in total. The molecule has 2 aromatic rings. The zero-order chi connectivity index (χ0) is 19.2. The second kappa shape index (κ2) is 9.10. The molecule has 0 spiro atoms. The number of hydrogen-bond donors (Lipinski definition) is 1. The lowest BCUT2D eigenvalue weighted by Crippen LogP contribution is -2.37. The first-order valence-electron chi connectivity index (χ1n) is 9.48. The van der Waals surface area contributed by atoms with E-state index in [-0.39, 0.29) is 11.7 Å². The van der Waals surface area contributed by atoms with Crippen LogP contribution in [-0.2, 0) is 17.9 Å². The summed E-state index contributed by atoms with van der Waals surface area (Å²) in [6.07, 6.45) is 2.35. The van der Waals surface area contributed by atoms with Crippen molar-refractivity contribution in [3.8, 4) is 11.3 Å². The molecule has 27 heavy (non-hydrogen) atoms. The molecule has 7 heteroatoms. The summed E-state index contributed by atoms with van der Waals surface area (Å²) in [5, 5.41) is 7.55. The number of nitrogens with zero attached hydrogens (tertiary/aromatic N) is 4. The molecule has 1 aromatic carbocycles. The Labute approximate surface area is 160 Å². The summed E-state index contributed by atoms with van der Waals surface area (Å²) in [6, 6.07) is 8.58. The Kier molecular flexibility index (Phi) is 6.58. The molecule has 1 aliphatic rings. The van der Waals surface area contributed by atoms with Crippen molar-refractivity contribution >= 4 is 5.91 Å². The number of amides is 1. The van der Waals surface area contributed by atoms with E-state index >= 15 is 0 Å². The third-order valence-corrected chi connectivity index (χ3v) is 4.70. The van der Waals surface area contributed by atoms with Gasteiger partial charge in [-0.1, -0.05) is 12.1 Å². The summed E-state index contributed by atoms with van der Waals surface area (Å²) >= 11 is 0. The van der Waals surface area contributed by atoms with Crippen molar-refractivity contribution in [3.63, 3.8) is 0 Å². The van der Waals surface area contributed by atoms with E-state index in [1.807, 2.05) is 35.8 Å². The van der Waals surface area contributed by atoms with Gasteiger partial charge in [-0.3, -0.25) is 14.4 Å². The van der Waals surface area contributed by atoms with Gasteiger partial charge in [0.15, 0.2) is 0 Å². The number of likely N-dealkylation sites (tertiary alicyclic amines) is 1. The van der Waals surface area contributed by atoms with Crippen LogP contribution in [0.5, 0.6) is 0 Å². The van der Waals surface area contributed by atoms with Gasteiger partial charge in [0, 0.05) is 18.7 Å². The Morgan fingerprint density at radius 1 is 1.26 bits per heavy atom. The van der Waals surface area contributed by atoms with E-state index < -0.39 is 0 Å². The number of aromatic nitrogens is 2. The molecule has 0 unspecified atom stereocenters. The Balaban J connectivity index is 1.64. The average molecular weight is 373 g/mol. The van der Waals surface area contributed by atoms with E-state index in [2.05, 4.69) is 15.3 Å². The van der Waals surface area contributed by atoms with Crippen molar-refractivity contribution in [1.82, 2.24) is 24.9 Å². The maximum absolute atomic E-state index is 14.1. The number of carbonyl (C=O) groups excluding carboxylic acids is 1. The van der Waals surface area contributed by atoms with Crippen LogP contribution in [0.1, 0.15) is 18.5 Å². The van der Waals surface area contributed by atoms with Crippen molar-refractivity contribution in [1.29, 1.82) is 0 Å². The van der Waals surface area contributed by atoms with E-state index in [0.29, 0.717) is 37.4 Å². The normalized spacial score (nSPS) is 14.8. The second-order valence-corrected chi connectivity index (χ2v) is 7.29. The topological polar surface area (TPSA) is 53.4 Å². The molecule has 0 bridgehead atoms. The fourth-order valence-corrected chi connectivity index (χ4v) is 3.40. The molecule has 0 saturated carbocycles. The van der Waals surface area contributed by atoms with Crippen LogP contribution in [0.4, 0.5) is 4.39 Å². The molecule has 0 atom stereocenters. The quantitative estimate of drug-likeness (QED) is 0.769. The molecular weight excluding hydrogens is 345 g/mol. The van der Waals surface area contributed by atoms with Gasteiger partial charge in [-0.15, -0.1) is 0 Å². The Morgan fingerprint density at radius 3 is 2.70 bits per heavy atom. The lowest BCUT2D eigenvalue weighted by molar-refractivity contribution is -0.122. The first kappa shape index (κ1) is 19.5. The molecule has 0 aliphatic carbocycles. The van der Waals surface area contributed by atoms with Gasteiger partial charge in [-0.2, -0.15) is 5.10 Å². The highest BCUT2D eigenvalue weighted by Crippen LogP contribution is 2.22. The van der Waals surface area contributed by atoms with Gasteiger partial charge in [0.1, 0.15) is 5.82 Å². The molecule has 2 heterocycles. The van der Waals surface area contributed by atoms with Gasteiger partial charge in [0.05, 0.1) is 24.5 Å².